The first kappa shape index (κ1) is 11.7. The van der Waals surface area contributed by atoms with Crippen LogP contribution in [0.5, 0.6) is 5.88 Å². The quantitative estimate of drug-likeness (QED) is 0.728. The van der Waals surface area contributed by atoms with Gasteiger partial charge in [-0.1, -0.05) is 0 Å². The van der Waals surface area contributed by atoms with Gasteiger partial charge in [-0.3, -0.25) is 0 Å². The predicted molar refractivity (Wildman–Crippen MR) is 53.9 cm³/mol. The highest BCUT2D eigenvalue weighted by Gasteiger charge is 2.44. The van der Waals surface area contributed by atoms with Gasteiger partial charge in [-0.25, -0.2) is 9.37 Å². The molecule has 0 aromatic carbocycles. The second-order valence-corrected chi connectivity index (χ2v) is 4.41. The van der Waals surface area contributed by atoms with Crippen molar-refractivity contribution in [1.29, 1.82) is 0 Å². The standard InChI is InChI=1S/C11H10F4N2O/c12-6-3-4-16-8-5-1-2-7(11(13,14)15)17-10(5)18-9(6)8/h1-2,6,8-9,16H,3-4H2/t6-,8-,9-/m0/s1. The first-order valence-corrected chi connectivity index (χ1v) is 5.59. The van der Waals surface area contributed by atoms with Crippen molar-refractivity contribution in [2.75, 3.05) is 6.54 Å². The van der Waals surface area contributed by atoms with E-state index >= 15 is 0 Å². The normalized spacial score (nSPS) is 30.6. The Morgan fingerprint density at radius 2 is 2.11 bits per heavy atom. The predicted octanol–water partition coefficient (Wildman–Crippen LogP) is 2.23. The summed E-state index contributed by atoms with van der Waals surface area (Å²) in [6.45, 7) is 0.478. The van der Waals surface area contributed by atoms with E-state index in [4.69, 9.17) is 4.74 Å². The zero-order chi connectivity index (χ0) is 12.9. The molecule has 1 saturated heterocycles. The lowest BCUT2D eigenvalue weighted by molar-refractivity contribution is -0.141. The topological polar surface area (TPSA) is 34.2 Å². The third-order valence-corrected chi connectivity index (χ3v) is 3.23. The number of fused-ring (bicyclic) bond motifs is 3. The maximum atomic E-state index is 13.6. The van der Waals surface area contributed by atoms with Gasteiger partial charge in [0.25, 0.3) is 0 Å². The van der Waals surface area contributed by atoms with Crippen LogP contribution in [-0.2, 0) is 6.18 Å². The molecule has 2 aliphatic heterocycles. The van der Waals surface area contributed by atoms with Crippen molar-refractivity contribution < 1.29 is 22.3 Å². The average Bonchev–Trinajstić information content (AvgIpc) is 2.67. The third-order valence-electron chi connectivity index (χ3n) is 3.23. The van der Waals surface area contributed by atoms with Crippen LogP contribution in [-0.4, -0.2) is 23.8 Å². The number of nitrogens with one attached hydrogen (secondary N) is 1. The van der Waals surface area contributed by atoms with Crippen LogP contribution >= 0.6 is 0 Å². The summed E-state index contributed by atoms with van der Waals surface area (Å²) in [6.07, 6.45) is -6.18. The molecular weight excluding hydrogens is 252 g/mol. The number of halogens is 4. The summed E-state index contributed by atoms with van der Waals surface area (Å²) in [4.78, 5) is 3.43. The van der Waals surface area contributed by atoms with Crippen LogP contribution in [0.4, 0.5) is 17.6 Å². The molecular formula is C11H10F4N2O. The van der Waals surface area contributed by atoms with Gasteiger partial charge in [0, 0.05) is 5.56 Å². The molecule has 3 heterocycles. The van der Waals surface area contributed by atoms with Gasteiger partial charge in [0.2, 0.25) is 5.88 Å². The Morgan fingerprint density at radius 1 is 1.33 bits per heavy atom. The van der Waals surface area contributed by atoms with Gasteiger partial charge in [-0.2, -0.15) is 13.2 Å². The van der Waals surface area contributed by atoms with Crippen LogP contribution in [0.2, 0.25) is 0 Å². The van der Waals surface area contributed by atoms with E-state index in [1.165, 1.54) is 6.07 Å². The van der Waals surface area contributed by atoms with Gasteiger partial charge in [0.15, 0.2) is 6.10 Å². The Kier molecular flexibility index (Phi) is 2.48. The summed E-state index contributed by atoms with van der Waals surface area (Å²) in [6, 6.07) is 1.80. The molecule has 98 valence electrons. The second-order valence-electron chi connectivity index (χ2n) is 4.41. The zero-order valence-corrected chi connectivity index (χ0v) is 9.17. The number of nitrogens with zero attached hydrogens (tertiary/aromatic N) is 1. The summed E-state index contributed by atoms with van der Waals surface area (Å²) in [5, 5.41) is 3.04. The molecule has 18 heavy (non-hydrogen) atoms. The fraction of sp³-hybridized carbons (Fsp3) is 0.545. The highest BCUT2D eigenvalue weighted by Crippen LogP contribution is 2.41. The zero-order valence-electron chi connectivity index (χ0n) is 9.17. The maximum Gasteiger partial charge on any atom is 0.433 e. The Labute approximate surface area is 100 Å². The van der Waals surface area contributed by atoms with Crippen LogP contribution in [0.1, 0.15) is 23.7 Å². The Bertz CT molecular complexity index is 477. The van der Waals surface area contributed by atoms with Crippen LogP contribution in [0.3, 0.4) is 0 Å². The van der Waals surface area contributed by atoms with Crippen LogP contribution in [0, 0.1) is 0 Å². The highest BCUT2D eigenvalue weighted by molar-refractivity contribution is 5.37. The Balaban J connectivity index is 1.97. The number of pyridine rings is 1. The van der Waals surface area contributed by atoms with Crippen molar-refractivity contribution >= 4 is 0 Å². The number of ether oxygens (including phenoxy) is 1. The first-order chi connectivity index (χ1) is 8.47. The molecule has 0 amide bonds. The van der Waals surface area contributed by atoms with Crippen molar-refractivity contribution in [1.82, 2.24) is 10.3 Å². The number of hydrogen-bond acceptors (Lipinski definition) is 3. The minimum Gasteiger partial charge on any atom is -0.469 e. The number of alkyl halides is 4. The molecule has 0 bridgehead atoms. The van der Waals surface area contributed by atoms with E-state index in [9.17, 15) is 17.6 Å². The summed E-state index contributed by atoms with van der Waals surface area (Å²) in [5.74, 6) is -0.114. The molecule has 3 rings (SSSR count). The van der Waals surface area contributed by atoms with Crippen molar-refractivity contribution in [3.05, 3.63) is 23.4 Å². The average molecular weight is 262 g/mol. The van der Waals surface area contributed by atoms with Crippen LogP contribution < -0.4 is 10.1 Å². The number of aromatic nitrogens is 1. The van der Waals surface area contributed by atoms with E-state index in [2.05, 4.69) is 10.3 Å². The van der Waals surface area contributed by atoms with E-state index in [0.717, 1.165) is 6.07 Å². The number of hydrogen-bond donors (Lipinski definition) is 1. The lowest BCUT2D eigenvalue weighted by Gasteiger charge is -2.28. The van der Waals surface area contributed by atoms with E-state index in [-0.39, 0.29) is 5.88 Å². The lowest BCUT2D eigenvalue weighted by Crippen LogP contribution is -2.44. The van der Waals surface area contributed by atoms with Gasteiger partial charge in [-0.05, 0) is 25.1 Å². The van der Waals surface area contributed by atoms with Crippen molar-refractivity contribution in [2.24, 2.45) is 0 Å². The molecule has 0 unspecified atom stereocenters. The van der Waals surface area contributed by atoms with Crippen molar-refractivity contribution in [3.63, 3.8) is 0 Å². The maximum absolute atomic E-state index is 13.6. The summed E-state index contributed by atoms with van der Waals surface area (Å²) < 4.78 is 56.3. The summed E-state index contributed by atoms with van der Waals surface area (Å²) >= 11 is 0. The molecule has 3 nitrogen and oxygen atoms in total. The summed E-state index contributed by atoms with van der Waals surface area (Å²) in [5.41, 5.74) is -0.523. The molecule has 1 N–H and O–H groups in total. The minimum absolute atomic E-state index is 0.114. The van der Waals surface area contributed by atoms with Gasteiger partial charge >= 0.3 is 6.18 Å². The molecule has 2 aliphatic rings. The molecule has 0 aliphatic carbocycles. The van der Waals surface area contributed by atoms with Crippen LogP contribution in [0.15, 0.2) is 12.1 Å². The Hall–Kier alpha value is -1.37. The van der Waals surface area contributed by atoms with Crippen molar-refractivity contribution in [3.8, 4) is 5.88 Å². The molecule has 1 fully saturated rings. The Morgan fingerprint density at radius 3 is 2.83 bits per heavy atom. The SMILES string of the molecule is F[C@H]1CCN[C@H]2c3ccc(C(F)(F)F)nc3O[C@@H]12. The lowest BCUT2D eigenvalue weighted by atomic mass is 9.96. The molecule has 0 saturated carbocycles. The molecule has 3 atom stereocenters. The largest absolute Gasteiger partial charge is 0.469 e. The third kappa shape index (κ3) is 1.73. The van der Waals surface area contributed by atoms with E-state index in [1.54, 1.807) is 0 Å². The molecule has 1 aromatic rings. The fourth-order valence-electron chi connectivity index (χ4n) is 2.36. The van der Waals surface area contributed by atoms with Crippen LogP contribution in [0.25, 0.3) is 0 Å². The van der Waals surface area contributed by atoms with E-state index in [0.29, 0.717) is 18.5 Å². The number of rotatable bonds is 0. The van der Waals surface area contributed by atoms with E-state index in [1.807, 2.05) is 0 Å². The molecule has 1 aromatic heterocycles. The highest BCUT2D eigenvalue weighted by atomic mass is 19.4. The van der Waals surface area contributed by atoms with Crippen molar-refractivity contribution in [2.45, 2.75) is 30.9 Å². The number of piperidine rings is 1. The monoisotopic (exact) mass is 262 g/mol. The first-order valence-electron chi connectivity index (χ1n) is 5.59. The smallest absolute Gasteiger partial charge is 0.433 e. The minimum atomic E-state index is -4.52. The van der Waals surface area contributed by atoms with Gasteiger partial charge in [0.05, 0.1) is 6.04 Å². The fourth-order valence-corrected chi connectivity index (χ4v) is 2.36. The summed E-state index contributed by atoms with van der Waals surface area (Å²) in [7, 11) is 0. The second kappa shape index (κ2) is 3.81. The molecule has 0 radical (unpaired) electrons. The van der Waals surface area contributed by atoms with Gasteiger partial charge in [-0.15, -0.1) is 0 Å². The molecule has 7 heteroatoms. The van der Waals surface area contributed by atoms with Gasteiger partial charge < -0.3 is 10.1 Å². The molecule has 0 spiro atoms. The van der Waals surface area contributed by atoms with E-state index < -0.39 is 30.2 Å². The van der Waals surface area contributed by atoms with Gasteiger partial charge in [0.1, 0.15) is 11.9 Å².